The lowest BCUT2D eigenvalue weighted by Gasteiger charge is -2.05. The van der Waals surface area contributed by atoms with Crippen molar-refractivity contribution in [2.75, 3.05) is 6.54 Å². The molecule has 0 fully saturated rings. The molecule has 2 heterocycles. The van der Waals surface area contributed by atoms with E-state index in [9.17, 15) is 8.42 Å². The smallest absolute Gasteiger partial charge is 0.262 e. The summed E-state index contributed by atoms with van der Waals surface area (Å²) in [6.45, 7) is 0.386. The van der Waals surface area contributed by atoms with Crippen molar-refractivity contribution in [3.05, 3.63) is 47.7 Å². The van der Waals surface area contributed by atoms with Gasteiger partial charge in [0.1, 0.15) is 9.73 Å². The van der Waals surface area contributed by atoms with E-state index in [-0.39, 0.29) is 4.21 Å². The molecule has 2 aromatic heterocycles. The van der Waals surface area contributed by atoms with Crippen LogP contribution in [0.3, 0.4) is 0 Å². The largest absolute Gasteiger partial charge is 0.441 e. The summed E-state index contributed by atoms with van der Waals surface area (Å²) in [6.07, 6.45) is 0.488. The van der Waals surface area contributed by atoms with Gasteiger partial charge < -0.3 is 4.42 Å². The Kier molecular flexibility index (Phi) is 4.02. The predicted octanol–water partition coefficient (Wildman–Crippen LogP) is 1.91. The van der Waals surface area contributed by atoms with Gasteiger partial charge in [-0.1, -0.05) is 18.2 Å². The zero-order valence-electron chi connectivity index (χ0n) is 10.9. The van der Waals surface area contributed by atoms with Crippen molar-refractivity contribution in [3.63, 3.8) is 0 Å². The third-order valence-electron chi connectivity index (χ3n) is 2.77. The molecule has 3 aromatic rings. The summed E-state index contributed by atoms with van der Waals surface area (Å²) >= 11 is 1.17. The summed E-state index contributed by atoms with van der Waals surface area (Å²) in [5.41, 5.74) is 4.20. The van der Waals surface area contributed by atoms with E-state index in [1.165, 1.54) is 11.3 Å². The van der Waals surface area contributed by atoms with Crippen molar-refractivity contribution in [1.29, 1.82) is 0 Å². The average molecular weight is 323 g/mol. The average Bonchev–Trinajstić information content (AvgIpc) is 3.12. The lowest BCUT2D eigenvalue weighted by molar-refractivity contribution is 0.504. The predicted molar refractivity (Wildman–Crippen MR) is 80.4 cm³/mol. The molecule has 0 saturated heterocycles. The molecule has 0 aliphatic carbocycles. The molecule has 6 nitrogen and oxygen atoms in total. The summed E-state index contributed by atoms with van der Waals surface area (Å²) in [4.78, 5) is 6.64. The Morgan fingerprint density at radius 1 is 1.19 bits per heavy atom. The van der Waals surface area contributed by atoms with Crippen molar-refractivity contribution < 1.29 is 12.8 Å². The topological polar surface area (TPSA) is 84.2 Å². The number of nitrogens with one attached hydrogen (secondary N) is 2. The number of thiophene rings is 1. The summed E-state index contributed by atoms with van der Waals surface area (Å²) in [5.74, 6) is 0.569. The van der Waals surface area contributed by atoms with Crippen LogP contribution in [0.5, 0.6) is 0 Å². The Labute approximate surface area is 125 Å². The maximum absolute atomic E-state index is 11.8. The van der Waals surface area contributed by atoms with Crippen LogP contribution in [0.2, 0.25) is 0 Å². The fraction of sp³-hybridized carbons (Fsp3) is 0.154. The van der Waals surface area contributed by atoms with Crippen LogP contribution in [0, 0.1) is 0 Å². The normalized spacial score (nSPS) is 12.0. The number of aromatic nitrogens is 1. The first kappa shape index (κ1) is 14.2. The van der Waals surface area contributed by atoms with Gasteiger partial charge >= 0.3 is 0 Å². The number of hydrogen-bond donors (Lipinski definition) is 2. The number of rotatable bonds is 6. The van der Waals surface area contributed by atoms with Crippen molar-refractivity contribution >= 4 is 32.5 Å². The molecule has 0 amide bonds. The number of hydrazine groups is 1. The second-order valence-electron chi connectivity index (χ2n) is 4.29. The van der Waals surface area contributed by atoms with Crippen LogP contribution in [0.15, 0.2) is 50.4 Å². The first-order valence-corrected chi connectivity index (χ1v) is 8.64. The molecule has 0 atom stereocenters. The van der Waals surface area contributed by atoms with Gasteiger partial charge in [0.05, 0.1) is 0 Å². The summed E-state index contributed by atoms with van der Waals surface area (Å²) in [5, 5.41) is 1.72. The van der Waals surface area contributed by atoms with Crippen molar-refractivity contribution in [1.82, 2.24) is 15.2 Å². The third-order valence-corrected chi connectivity index (χ3v) is 5.46. The van der Waals surface area contributed by atoms with Gasteiger partial charge in [-0.2, -0.15) is 0 Å². The van der Waals surface area contributed by atoms with Crippen LogP contribution < -0.4 is 10.3 Å². The van der Waals surface area contributed by atoms with Gasteiger partial charge in [-0.05, 0) is 23.6 Å². The Morgan fingerprint density at radius 2 is 2.05 bits per heavy atom. The van der Waals surface area contributed by atoms with Gasteiger partial charge in [0.25, 0.3) is 10.0 Å². The Bertz CT molecular complexity index is 792. The zero-order valence-corrected chi connectivity index (χ0v) is 12.6. The molecule has 1 aromatic carbocycles. The van der Waals surface area contributed by atoms with E-state index < -0.39 is 10.0 Å². The monoisotopic (exact) mass is 323 g/mol. The van der Waals surface area contributed by atoms with Crippen LogP contribution >= 0.6 is 11.3 Å². The number of oxazole rings is 1. The third kappa shape index (κ3) is 3.30. The Hall–Kier alpha value is -1.74. The van der Waals surface area contributed by atoms with Crippen molar-refractivity contribution in [3.8, 4) is 0 Å². The van der Waals surface area contributed by atoms with E-state index >= 15 is 0 Å². The van der Waals surface area contributed by atoms with E-state index in [0.29, 0.717) is 18.9 Å². The van der Waals surface area contributed by atoms with Gasteiger partial charge in [0.15, 0.2) is 11.5 Å². The van der Waals surface area contributed by atoms with E-state index in [0.717, 1.165) is 11.1 Å². The molecular formula is C13H13N3O3S2. The molecule has 0 aliphatic rings. The summed E-state index contributed by atoms with van der Waals surface area (Å²) in [6, 6.07) is 10.7. The minimum absolute atomic E-state index is 0.275. The molecule has 21 heavy (non-hydrogen) atoms. The van der Waals surface area contributed by atoms with Gasteiger partial charge in [-0.3, -0.25) is 0 Å². The van der Waals surface area contributed by atoms with Crippen LogP contribution in [-0.4, -0.2) is 19.9 Å². The highest BCUT2D eigenvalue weighted by atomic mass is 32.2. The second kappa shape index (κ2) is 5.94. The molecular weight excluding hydrogens is 310 g/mol. The van der Waals surface area contributed by atoms with E-state index in [2.05, 4.69) is 15.2 Å². The first-order chi connectivity index (χ1) is 10.1. The highest BCUT2D eigenvalue weighted by Crippen LogP contribution is 2.15. The minimum Gasteiger partial charge on any atom is -0.441 e. The fourth-order valence-corrected chi connectivity index (χ4v) is 3.71. The molecule has 8 heteroatoms. The van der Waals surface area contributed by atoms with Gasteiger partial charge in [0, 0.05) is 13.0 Å². The molecule has 0 radical (unpaired) electrons. The van der Waals surface area contributed by atoms with Crippen LogP contribution in [0.1, 0.15) is 5.89 Å². The Morgan fingerprint density at radius 3 is 2.81 bits per heavy atom. The number of hydrogen-bond acceptors (Lipinski definition) is 6. The summed E-state index contributed by atoms with van der Waals surface area (Å²) in [7, 11) is -3.49. The maximum Gasteiger partial charge on any atom is 0.262 e. The number of benzene rings is 1. The van der Waals surface area contributed by atoms with E-state index in [4.69, 9.17) is 4.42 Å². The van der Waals surface area contributed by atoms with Crippen LogP contribution in [0.4, 0.5) is 0 Å². The lowest BCUT2D eigenvalue weighted by atomic mass is 10.3. The zero-order chi connectivity index (χ0) is 14.7. The number of sulfonamides is 1. The lowest BCUT2D eigenvalue weighted by Crippen LogP contribution is -2.38. The van der Waals surface area contributed by atoms with E-state index in [1.807, 2.05) is 24.3 Å². The Balaban J connectivity index is 1.54. The van der Waals surface area contributed by atoms with Crippen molar-refractivity contribution in [2.24, 2.45) is 0 Å². The molecule has 110 valence electrons. The molecule has 0 aliphatic heterocycles. The number of para-hydroxylation sites is 2. The highest BCUT2D eigenvalue weighted by Gasteiger charge is 2.14. The standard InChI is InChI=1S/C13H13N3O3S2/c17-21(18,13-6-3-9-20-13)16-14-8-7-12-15-10-4-1-2-5-11(10)19-12/h1-6,9,14,16H,7-8H2. The quantitative estimate of drug-likeness (QED) is 0.535. The SMILES string of the molecule is O=S(=O)(NNCCc1nc2ccccc2o1)c1cccs1. The second-order valence-corrected chi connectivity index (χ2v) is 7.15. The molecule has 3 rings (SSSR count). The maximum atomic E-state index is 11.8. The van der Waals surface area contributed by atoms with Gasteiger partial charge in [0.2, 0.25) is 0 Å². The molecule has 0 saturated carbocycles. The molecule has 0 spiro atoms. The van der Waals surface area contributed by atoms with Crippen LogP contribution in [-0.2, 0) is 16.4 Å². The molecule has 0 unspecified atom stereocenters. The van der Waals surface area contributed by atoms with Crippen molar-refractivity contribution in [2.45, 2.75) is 10.6 Å². The molecule has 0 bridgehead atoms. The fourth-order valence-electron chi connectivity index (χ4n) is 1.81. The number of nitrogens with zero attached hydrogens (tertiary/aromatic N) is 1. The number of fused-ring (bicyclic) bond motifs is 1. The summed E-state index contributed by atoms with van der Waals surface area (Å²) < 4.78 is 29.5. The van der Waals surface area contributed by atoms with Gasteiger partial charge in [-0.15, -0.1) is 16.2 Å². The highest BCUT2D eigenvalue weighted by molar-refractivity contribution is 7.91. The van der Waals surface area contributed by atoms with Crippen LogP contribution in [0.25, 0.3) is 11.1 Å². The first-order valence-electron chi connectivity index (χ1n) is 6.28. The van der Waals surface area contributed by atoms with Gasteiger partial charge in [-0.25, -0.2) is 18.8 Å². The molecule has 2 N–H and O–H groups in total. The minimum atomic E-state index is -3.49. The van der Waals surface area contributed by atoms with E-state index in [1.54, 1.807) is 17.5 Å².